The van der Waals surface area contributed by atoms with E-state index < -0.39 is 0 Å². The molecular weight excluding hydrogens is 215 g/mol. The number of hydrogen-bond donors (Lipinski definition) is 0. The molecular formula is C12H14Cl2. The van der Waals surface area contributed by atoms with Gasteiger partial charge >= 0.3 is 0 Å². The predicted octanol–water partition coefficient (Wildman–Crippen LogP) is 4.29. The highest BCUT2D eigenvalue weighted by Crippen LogP contribution is 2.34. The summed E-state index contributed by atoms with van der Waals surface area (Å²) in [7, 11) is 0. The van der Waals surface area contributed by atoms with Gasteiger partial charge in [0.1, 0.15) is 0 Å². The Balaban J connectivity index is 1.95. The van der Waals surface area contributed by atoms with Crippen molar-refractivity contribution in [2.75, 3.05) is 0 Å². The minimum atomic E-state index is 0.294. The topological polar surface area (TPSA) is 0 Å². The van der Waals surface area contributed by atoms with Gasteiger partial charge in [-0.2, -0.15) is 0 Å². The third-order valence-corrected chi connectivity index (χ3v) is 3.73. The second-order valence-corrected chi connectivity index (χ2v) is 5.04. The van der Waals surface area contributed by atoms with Crippen molar-refractivity contribution < 1.29 is 0 Å². The van der Waals surface area contributed by atoms with E-state index in [-0.39, 0.29) is 0 Å². The van der Waals surface area contributed by atoms with Gasteiger partial charge in [-0.25, -0.2) is 0 Å². The number of halogens is 2. The predicted molar refractivity (Wildman–Crippen MR) is 62.1 cm³/mol. The Morgan fingerprint density at radius 1 is 1.36 bits per heavy atom. The number of rotatable bonds is 3. The smallest absolute Gasteiger partial charge is 0.0408 e. The van der Waals surface area contributed by atoms with Crippen molar-refractivity contribution in [1.82, 2.24) is 0 Å². The summed E-state index contributed by atoms with van der Waals surface area (Å²) in [5.74, 6) is 0.732. The van der Waals surface area contributed by atoms with E-state index in [9.17, 15) is 0 Å². The third-order valence-electron chi connectivity index (χ3n) is 2.98. The summed E-state index contributed by atoms with van der Waals surface area (Å²) < 4.78 is 0. The summed E-state index contributed by atoms with van der Waals surface area (Å²) in [6.45, 7) is 0. The van der Waals surface area contributed by atoms with Gasteiger partial charge < -0.3 is 0 Å². The number of hydrogen-bond acceptors (Lipinski definition) is 0. The molecule has 0 saturated heterocycles. The molecule has 1 atom stereocenters. The number of alkyl halides is 1. The Labute approximate surface area is 95.2 Å². The standard InChI is InChI=1S/C12H14Cl2/c13-11-6-1-3-9(7-11)8-12(14)10-4-2-5-10/h1,3,6-7,10,12H,2,4-5,8H2. The van der Waals surface area contributed by atoms with Crippen molar-refractivity contribution in [3.05, 3.63) is 34.9 Å². The fraction of sp³-hybridized carbons (Fsp3) is 0.500. The van der Waals surface area contributed by atoms with Gasteiger partial charge in [0.15, 0.2) is 0 Å². The summed E-state index contributed by atoms with van der Waals surface area (Å²) in [5.41, 5.74) is 1.25. The fourth-order valence-corrected chi connectivity index (χ4v) is 2.50. The first kappa shape index (κ1) is 10.3. The largest absolute Gasteiger partial charge is 0.122 e. The molecule has 1 saturated carbocycles. The normalized spacial score (nSPS) is 19.0. The van der Waals surface area contributed by atoms with Crippen LogP contribution in [0.15, 0.2) is 24.3 Å². The Bertz CT molecular complexity index is 305. The summed E-state index contributed by atoms with van der Waals surface area (Å²) in [5, 5.41) is 1.10. The quantitative estimate of drug-likeness (QED) is 0.678. The van der Waals surface area contributed by atoms with Crippen LogP contribution in [-0.4, -0.2) is 5.38 Å². The van der Waals surface area contributed by atoms with Crippen LogP contribution < -0.4 is 0 Å². The summed E-state index contributed by atoms with van der Waals surface area (Å²) in [4.78, 5) is 0. The van der Waals surface area contributed by atoms with Gasteiger partial charge in [-0.05, 0) is 42.9 Å². The molecule has 1 aromatic rings. The van der Waals surface area contributed by atoms with E-state index in [4.69, 9.17) is 23.2 Å². The van der Waals surface area contributed by atoms with E-state index in [0.717, 1.165) is 17.4 Å². The Hall–Kier alpha value is -0.200. The van der Waals surface area contributed by atoms with Crippen LogP contribution in [-0.2, 0) is 6.42 Å². The lowest BCUT2D eigenvalue weighted by molar-refractivity contribution is 0.302. The second kappa shape index (κ2) is 4.55. The lowest BCUT2D eigenvalue weighted by Crippen LogP contribution is -2.24. The lowest BCUT2D eigenvalue weighted by atomic mass is 9.81. The molecule has 0 heterocycles. The van der Waals surface area contributed by atoms with Gasteiger partial charge in [0.2, 0.25) is 0 Å². The van der Waals surface area contributed by atoms with Crippen LogP contribution in [0.2, 0.25) is 5.02 Å². The Kier molecular flexibility index (Phi) is 3.35. The van der Waals surface area contributed by atoms with Gasteiger partial charge in [0.05, 0.1) is 0 Å². The zero-order valence-corrected chi connectivity index (χ0v) is 9.56. The SMILES string of the molecule is Clc1cccc(CC(Cl)C2CCC2)c1. The average molecular weight is 229 g/mol. The highest BCUT2D eigenvalue weighted by Gasteiger charge is 2.25. The van der Waals surface area contributed by atoms with Crippen LogP contribution in [0.3, 0.4) is 0 Å². The van der Waals surface area contributed by atoms with Gasteiger partial charge in [0, 0.05) is 10.4 Å². The van der Waals surface area contributed by atoms with Crippen LogP contribution >= 0.6 is 23.2 Å². The molecule has 0 spiro atoms. The molecule has 0 radical (unpaired) electrons. The molecule has 0 nitrogen and oxygen atoms in total. The Morgan fingerprint density at radius 3 is 2.71 bits per heavy atom. The minimum absolute atomic E-state index is 0.294. The molecule has 2 rings (SSSR count). The molecule has 1 aromatic carbocycles. The highest BCUT2D eigenvalue weighted by molar-refractivity contribution is 6.30. The van der Waals surface area contributed by atoms with Gasteiger partial charge in [-0.1, -0.05) is 30.2 Å². The van der Waals surface area contributed by atoms with Crippen LogP contribution in [0.25, 0.3) is 0 Å². The molecule has 0 N–H and O–H groups in total. The molecule has 0 amide bonds. The van der Waals surface area contributed by atoms with Gasteiger partial charge in [0.25, 0.3) is 0 Å². The molecule has 76 valence electrons. The fourth-order valence-electron chi connectivity index (χ4n) is 1.86. The monoisotopic (exact) mass is 228 g/mol. The molecule has 1 aliphatic carbocycles. The van der Waals surface area contributed by atoms with Crippen molar-refractivity contribution >= 4 is 23.2 Å². The molecule has 1 unspecified atom stereocenters. The van der Waals surface area contributed by atoms with Gasteiger partial charge in [-0.3, -0.25) is 0 Å². The van der Waals surface area contributed by atoms with E-state index in [0.29, 0.717) is 5.38 Å². The van der Waals surface area contributed by atoms with Crippen molar-refractivity contribution in [2.45, 2.75) is 31.1 Å². The second-order valence-electron chi connectivity index (χ2n) is 4.04. The van der Waals surface area contributed by atoms with Crippen molar-refractivity contribution in [3.63, 3.8) is 0 Å². The Morgan fingerprint density at radius 2 is 2.14 bits per heavy atom. The first-order valence-corrected chi connectivity index (χ1v) is 5.95. The van der Waals surface area contributed by atoms with Crippen molar-refractivity contribution in [3.8, 4) is 0 Å². The zero-order valence-electron chi connectivity index (χ0n) is 8.05. The van der Waals surface area contributed by atoms with Gasteiger partial charge in [-0.15, -0.1) is 11.6 Å². The summed E-state index contributed by atoms with van der Waals surface area (Å²) in [6, 6.07) is 8.00. The molecule has 0 aromatic heterocycles. The highest BCUT2D eigenvalue weighted by atomic mass is 35.5. The molecule has 1 aliphatic rings. The maximum atomic E-state index is 6.33. The van der Waals surface area contributed by atoms with Crippen LogP contribution in [0, 0.1) is 5.92 Å². The summed E-state index contributed by atoms with van der Waals surface area (Å²) in [6.07, 6.45) is 4.90. The van der Waals surface area contributed by atoms with E-state index in [2.05, 4.69) is 6.07 Å². The lowest BCUT2D eigenvalue weighted by Gasteiger charge is -2.29. The average Bonchev–Trinajstić information content (AvgIpc) is 1.99. The van der Waals surface area contributed by atoms with Crippen LogP contribution in [0.4, 0.5) is 0 Å². The molecule has 0 aliphatic heterocycles. The molecule has 2 heteroatoms. The summed E-state index contributed by atoms with van der Waals surface area (Å²) >= 11 is 12.2. The van der Waals surface area contributed by atoms with E-state index >= 15 is 0 Å². The minimum Gasteiger partial charge on any atom is -0.122 e. The van der Waals surface area contributed by atoms with Crippen LogP contribution in [0.1, 0.15) is 24.8 Å². The zero-order chi connectivity index (χ0) is 9.97. The number of benzene rings is 1. The first-order chi connectivity index (χ1) is 6.75. The maximum Gasteiger partial charge on any atom is 0.0408 e. The van der Waals surface area contributed by atoms with E-state index in [1.54, 1.807) is 0 Å². The first-order valence-electron chi connectivity index (χ1n) is 5.14. The van der Waals surface area contributed by atoms with Crippen molar-refractivity contribution in [2.24, 2.45) is 5.92 Å². The van der Waals surface area contributed by atoms with E-state index in [1.165, 1.54) is 24.8 Å². The maximum absolute atomic E-state index is 6.33. The van der Waals surface area contributed by atoms with Crippen molar-refractivity contribution in [1.29, 1.82) is 0 Å². The molecule has 1 fully saturated rings. The third kappa shape index (κ3) is 2.43. The van der Waals surface area contributed by atoms with E-state index in [1.807, 2.05) is 18.2 Å². The molecule has 14 heavy (non-hydrogen) atoms. The van der Waals surface area contributed by atoms with Crippen LogP contribution in [0.5, 0.6) is 0 Å². The molecule has 0 bridgehead atoms.